The highest BCUT2D eigenvalue weighted by Crippen LogP contribution is 2.21. The van der Waals surface area contributed by atoms with Crippen LogP contribution in [0.25, 0.3) is 0 Å². The molecule has 2 aliphatic rings. The maximum Gasteiger partial charge on any atom is 0.0195 e. The van der Waals surface area contributed by atoms with Crippen LogP contribution >= 0.6 is 0 Å². The Labute approximate surface area is 113 Å². The lowest BCUT2D eigenvalue weighted by molar-refractivity contribution is 0.163. The Morgan fingerprint density at radius 1 is 1.17 bits per heavy atom. The molecule has 2 atom stereocenters. The van der Waals surface area contributed by atoms with Gasteiger partial charge >= 0.3 is 0 Å². The molecule has 0 saturated carbocycles. The van der Waals surface area contributed by atoms with Crippen LogP contribution in [0.3, 0.4) is 0 Å². The molecular weight excluding hydrogens is 222 g/mol. The first-order valence-corrected chi connectivity index (χ1v) is 7.88. The fourth-order valence-electron chi connectivity index (χ4n) is 3.52. The molecule has 0 spiro atoms. The largest absolute Gasteiger partial charge is 0.313 e. The van der Waals surface area contributed by atoms with Gasteiger partial charge in [0.05, 0.1) is 0 Å². The normalized spacial score (nSPS) is 31.3. The van der Waals surface area contributed by atoms with Gasteiger partial charge in [-0.15, -0.1) is 0 Å². The van der Waals surface area contributed by atoms with E-state index in [-0.39, 0.29) is 0 Å². The predicted octanol–water partition coefficient (Wildman–Crippen LogP) is 1.79. The third-order valence-corrected chi connectivity index (χ3v) is 4.56. The molecule has 0 aromatic heterocycles. The van der Waals surface area contributed by atoms with E-state index in [1.54, 1.807) is 0 Å². The summed E-state index contributed by atoms with van der Waals surface area (Å²) in [6.45, 7) is 14.5. The van der Waals surface area contributed by atoms with Crippen LogP contribution in [0.2, 0.25) is 0 Å². The lowest BCUT2D eigenvalue weighted by Gasteiger charge is -2.34. The monoisotopic (exact) mass is 253 g/mol. The van der Waals surface area contributed by atoms with E-state index in [1.807, 2.05) is 0 Å². The molecule has 2 fully saturated rings. The molecule has 0 aromatic rings. The van der Waals surface area contributed by atoms with E-state index in [2.05, 4.69) is 35.9 Å². The van der Waals surface area contributed by atoms with Gasteiger partial charge in [-0.2, -0.15) is 0 Å². The standard InChI is InChI=1S/C15H31N3/c1-4-16-15-6-5-8-17(12-15)10-14-7-9-18(11-14)13(2)3/h13-16H,4-12H2,1-3H3. The van der Waals surface area contributed by atoms with Crippen molar-refractivity contribution in [3.8, 4) is 0 Å². The van der Waals surface area contributed by atoms with Crippen LogP contribution in [0.4, 0.5) is 0 Å². The Balaban J connectivity index is 1.73. The van der Waals surface area contributed by atoms with Crippen LogP contribution in [0.1, 0.15) is 40.0 Å². The van der Waals surface area contributed by atoms with Crippen LogP contribution in [0.5, 0.6) is 0 Å². The Morgan fingerprint density at radius 3 is 2.67 bits per heavy atom. The summed E-state index contributed by atoms with van der Waals surface area (Å²) in [5, 5.41) is 3.61. The van der Waals surface area contributed by atoms with Crippen molar-refractivity contribution in [1.82, 2.24) is 15.1 Å². The van der Waals surface area contributed by atoms with E-state index in [0.29, 0.717) is 0 Å². The average molecular weight is 253 g/mol. The van der Waals surface area contributed by atoms with Crippen molar-refractivity contribution in [2.45, 2.75) is 52.1 Å². The molecule has 18 heavy (non-hydrogen) atoms. The number of rotatable bonds is 5. The SMILES string of the molecule is CCNC1CCCN(CC2CCN(C(C)C)C2)C1. The Kier molecular flexibility index (Phi) is 5.46. The molecule has 106 valence electrons. The predicted molar refractivity (Wildman–Crippen MR) is 78.0 cm³/mol. The summed E-state index contributed by atoms with van der Waals surface area (Å²) in [5.74, 6) is 0.910. The number of piperidine rings is 1. The maximum atomic E-state index is 3.61. The summed E-state index contributed by atoms with van der Waals surface area (Å²) in [5.41, 5.74) is 0. The van der Waals surface area contributed by atoms with Crippen LogP contribution < -0.4 is 5.32 Å². The Bertz CT molecular complexity index is 240. The highest BCUT2D eigenvalue weighted by Gasteiger charge is 2.27. The van der Waals surface area contributed by atoms with Gasteiger partial charge in [-0.3, -0.25) is 0 Å². The van der Waals surface area contributed by atoms with Crippen LogP contribution in [0.15, 0.2) is 0 Å². The van der Waals surface area contributed by atoms with Crippen molar-refractivity contribution in [1.29, 1.82) is 0 Å². The minimum absolute atomic E-state index is 0.728. The van der Waals surface area contributed by atoms with Gasteiger partial charge in [-0.05, 0) is 58.7 Å². The molecule has 3 heteroatoms. The van der Waals surface area contributed by atoms with E-state index >= 15 is 0 Å². The van der Waals surface area contributed by atoms with Gasteiger partial charge in [0.2, 0.25) is 0 Å². The molecule has 0 bridgehead atoms. The second-order valence-corrected chi connectivity index (χ2v) is 6.40. The quantitative estimate of drug-likeness (QED) is 0.806. The molecule has 2 rings (SSSR count). The number of likely N-dealkylation sites (N-methyl/N-ethyl adjacent to an activating group) is 1. The summed E-state index contributed by atoms with van der Waals surface area (Å²) in [4.78, 5) is 5.34. The molecule has 1 N–H and O–H groups in total. The van der Waals surface area contributed by atoms with Gasteiger partial charge in [0.25, 0.3) is 0 Å². The minimum Gasteiger partial charge on any atom is -0.313 e. The van der Waals surface area contributed by atoms with E-state index in [1.165, 1.54) is 52.0 Å². The minimum atomic E-state index is 0.728. The molecule has 0 radical (unpaired) electrons. The smallest absolute Gasteiger partial charge is 0.0195 e. The van der Waals surface area contributed by atoms with Gasteiger partial charge in [-0.1, -0.05) is 6.92 Å². The fourth-order valence-corrected chi connectivity index (χ4v) is 3.52. The molecule has 3 nitrogen and oxygen atoms in total. The summed E-state index contributed by atoms with van der Waals surface area (Å²) < 4.78 is 0. The maximum absolute atomic E-state index is 3.61. The van der Waals surface area contributed by atoms with Crippen LogP contribution in [-0.2, 0) is 0 Å². The first kappa shape index (κ1) is 14.3. The highest BCUT2D eigenvalue weighted by molar-refractivity contribution is 4.83. The van der Waals surface area contributed by atoms with Gasteiger partial charge in [0.1, 0.15) is 0 Å². The fraction of sp³-hybridized carbons (Fsp3) is 1.00. The second-order valence-electron chi connectivity index (χ2n) is 6.40. The molecule has 2 saturated heterocycles. The molecule has 0 aliphatic carbocycles. The van der Waals surface area contributed by atoms with Crippen LogP contribution in [0, 0.1) is 5.92 Å². The van der Waals surface area contributed by atoms with Crippen molar-refractivity contribution >= 4 is 0 Å². The molecule has 2 heterocycles. The molecule has 2 aliphatic heterocycles. The Hall–Kier alpha value is -0.120. The molecular formula is C15H31N3. The third-order valence-electron chi connectivity index (χ3n) is 4.56. The third kappa shape index (κ3) is 3.94. The number of nitrogens with one attached hydrogen (secondary N) is 1. The van der Waals surface area contributed by atoms with Crippen molar-refractivity contribution in [2.24, 2.45) is 5.92 Å². The first-order valence-electron chi connectivity index (χ1n) is 7.88. The molecule has 0 aromatic carbocycles. The zero-order chi connectivity index (χ0) is 13.0. The Morgan fingerprint density at radius 2 is 2.00 bits per heavy atom. The first-order chi connectivity index (χ1) is 8.69. The molecule has 0 amide bonds. The van der Waals surface area contributed by atoms with Gasteiger partial charge in [0.15, 0.2) is 0 Å². The number of likely N-dealkylation sites (tertiary alicyclic amines) is 2. The van der Waals surface area contributed by atoms with Crippen molar-refractivity contribution < 1.29 is 0 Å². The van der Waals surface area contributed by atoms with E-state index in [4.69, 9.17) is 0 Å². The topological polar surface area (TPSA) is 18.5 Å². The van der Waals surface area contributed by atoms with Gasteiger partial charge in [-0.25, -0.2) is 0 Å². The number of hydrogen-bond donors (Lipinski definition) is 1. The zero-order valence-corrected chi connectivity index (χ0v) is 12.5. The van der Waals surface area contributed by atoms with E-state index in [9.17, 15) is 0 Å². The summed E-state index contributed by atoms with van der Waals surface area (Å²) >= 11 is 0. The van der Waals surface area contributed by atoms with E-state index in [0.717, 1.165) is 24.5 Å². The number of hydrogen-bond acceptors (Lipinski definition) is 3. The van der Waals surface area contributed by atoms with Crippen LogP contribution in [-0.4, -0.2) is 61.2 Å². The lowest BCUT2D eigenvalue weighted by atomic mass is 10.0. The molecule has 2 unspecified atom stereocenters. The summed E-state index contributed by atoms with van der Waals surface area (Å²) in [6.07, 6.45) is 4.14. The number of nitrogens with zero attached hydrogens (tertiary/aromatic N) is 2. The van der Waals surface area contributed by atoms with E-state index < -0.39 is 0 Å². The van der Waals surface area contributed by atoms with Crippen molar-refractivity contribution in [3.63, 3.8) is 0 Å². The van der Waals surface area contributed by atoms with Crippen molar-refractivity contribution in [3.05, 3.63) is 0 Å². The van der Waals surface area contributed by atoms with Crippen molar-refractivity contribution in [2.75, 3.05) is 39.3 Å². The second kappa shape index (κ2) is 6.88. The summed E-state index contributed by atoms with van der Waals surface area (Å²) in [6, 6.07) is 1.47. The average Bonchev–Trinajstić information content (AvgIpc) is 2.78. The lowest BCUT2D eigenvalue weighted by Crippen LogP contribution is -2.47. The van der Waals surface area contributed by atoms with Gasteiger partial charge < -0.3 is 15.1 Å². The summed E-state index contributed by atoms with van der Waals surface area (Å²) in [7, 11) is 0. The highest BCUT2D eigenvalue weighted by atomic mass is 15.2. The zero-order valence-electron chi connectivity index (χ0n) is 12.5. The van der Waals surface area contributed by atoms with Gasteiger partial charge in [0, 0.05) is 31.7 Å².